The maximum atomic E-state index is 11.9. The summed E-state index contributed by atoms with van der Waals surface area (Å²) in [5.41, 5.74) is 3.29. The first-order chi connectivity index (χ1) is 10.9. The van der Waals surface area contributed by atoms with Crippen LogP contribution in [0.25, 0.3) is 0 Å². The number of carbonyl (C=O) groups excluding carboxylic acids is 1. The van der Waals surface area contributed by atoms with E-state index in [1.54, 1.807) is 0 Å². The molecule has 2 aromatic carbocycles. The zero-order valence-corrected chi connectivity index (χ0v) is 11.4. The van der Waals surface area contributed by atoms with Gasteiger partial charge in [0.25, 0.3) is 11.6 Å². The number of rotatable bonds is 5. The normalized spacial score (nSPS) is 9.91. The lowest BCUT2D eigenvalue weighted by Crippen LogP contribution is -2.29. The monoisotopic (exact) mass is 318 g/mol. The van der Waals surface area contributed by atoms with Gasteiger partial charge < -0.3 is 5.11 Å². The number of nitro benzene ring substituents is 2. The van der Waals surface area contributed by atoms with Crippen molar-refractivity contribution in [3.05, 3.63) is 68.3 Å². The zero-order valence-electron chi connectivity index (χ0n) is 11.4. The van der Waals surface area contributed by atoms with E-state index in [1.807, 2.05) is 0 Å². The first-order valence-electron chi connectivity index (χ1n) is 6.17. The lowest BCUT2D eigenvalue weighted by Gasteiger charge is -2.09. The molecular weight excluding hydrogens is 308 g/mol. The average molecular weight is 318 g/mol. The van der Waals surface area contributed by atoms with Crippen LogP contribution in [0.4, 0.5) is 17.1 Å². The van der Waals surface area contributed by atoms with Gasteiger partial charge in [0.15, 0.2) is 0 Å². The molecule has 10 heteroatoms. The van der Waals surface area contributed by atoms with Crippen LogP contribution in [-0.2, 0) is 0 Å². The summed E-state index contributed by atoms with van der Waals surface area (Å²) in [6, 6.07) is 8.65. The van der Waals surface area contributed by atoms with Gasteiger partial charge in [-0.3, -0.25) is 35.9 Å². The van der Waals surface area contributed by atoms with Gasteiger partial charge in [-0.1, -0.05) is 12.1 Å². The van der Waals surface area contributed by atoms with E-state index in [0.29, 0.717) is 0 Å². The fourth-order valence-electron chi connectivity index (χ4n) is 1.75. The number of aromatic hydroxyl groups is 1. The van der Waals surface area contributed by atoms with Gasteiger partial charge in [-0.25, -0.2) is 0 Å². The topological polar surface area (TPSA) is 148 Å². The van der Waals surface area contributed by atoms with E-state index in [2.05, 4.69) is 10.9 Å². The second-order valence-corrected chi connectivity index (χ2v) is 4.31. The highest BCUT2D eigenvalue weighted by Crippen LogP contribution is 2.28. The van der Waals surface area contributed by atoms with Crippen molar-refractivity contribution in [1.29, 1.82) is 0 Å². The highest BCUT2D eigenvalue weighted by molar-refractivity contribution is 5.97. The summed E-state index contributed by atoms with van der Waals surface area (Å²) >= 11 is 0. The molecule has 10 nitrogen and oxygen atoms in total. The third-order valence-electron chi connectivity index (χ3n) is 2.85. The molecule has 0 atom stereocenters. The molecule has 3 N–H and O–H groups in total. The molecule has 2 rings (SSSR count). The summed E-state index contributed by atoms with van der Waals surface area (Å²) in [5, 5.41) is 31.1. The van der Waals surface area contributed by atoms with Crippen molar-refractivity contribution < 1.29 is 19.7 Å². The van der Waals surface area contributed by atoms with Crippen molar-refractivity contribution in [2.45, 2.75) is 0 Å². The lowest BCUT2D eigenvalue weighted by molar-refractivity contribution is -0.393. The van der Waals surface area contributed by atoms with Gasteiger partial charge in [0.2, 0.25) is 0 Å². The van der Waals surface area contributed by atoms with Gasteiger partial charge in [0, 0.05) is 6.07 Å². The molecular formula is C13H10N4O6. The molecule has 1 amide bonds. The van der Waals surface area contributed by atoms with E-state index in [9.17, 15) is 30.1 Å². The van der Waals surface area contributed by atoms with Crippen LogP contribution in [0.5, 0.6) is 5.75 Å². The van der Waals surface area contributed by atoms with Crippen LogP contribution in [0.3, 0.4) is 0 Å². The lowest BCUT2D eigenvalue weighted by atomic mass is 10.2. The number of nitrogens with one attached hydrogen (secondary N) is 2. The summed E-state index contributed by atoms with van der Waals surface area (Å²) in [7, 11) is 0. The van der Waals surface area contributed by atoms with Crippen molar-refractivity contribution >= 4 is 23.0 Å². The zero-order chi connectivity index (χ0) is 17.0. The summed E-state index contributed by atoms with van der Waals surface area (Å²) in [5.74, 6) is -0.985. The smallest absolute Gasteiger partial charge is 0.300 e. The highest BCUT2D eigenvalue weighted by Gasteiger charge is 2.20. The number of benzene rings is 2. The molecule has 0 aliphatic heterocycles. The predicted octanol–water partition coefficient (Wildman–Crippen LogP) is 1.97. The largest absolute Gasteiger partial charge is 0.507 e. The second-order valence-electron chi connectivity index (χ2n) is 4.31. The Morgan fingerprint density at radius 1 is 1.04 bits per heavy atom. The molecule has 0 aliphatic carbocycles. The molecule has 23 heavy (non-hydrogen) atoms. The van der Waals surface area contributed by atoms with Crippen molar-refractivity contribution in [2.75, 3.05) is 5.43 Å². The minimum Gasteiger partial charge on any atom is -0.507 e. The minimum absolute atomic E-state index is 0.0374. The van der Waals surface area contributed by atoms with Crippen LogP contribution in [-0.4, -0.2) is 20.9 Å². The Hall–Kier alpha value is -3.69. The molecule has 0 saturated carbocycles. The van der Waals surface area contributed by atoms with Gasteiger partial charge >= 0.3 is 5.69 Å². The fourth-order valence-corrected chi connectivity index (χ4v) is 1.75. The summed E-state index contributed by atoms with van der Waals surface area (Å²) in [6.45, 7) is 0. The second kappa shape index (κ2) is 6.39. The Kier molecular flexibility index (Phi) is 4.36. The number of carbonyl (C=O) groups is 1. The highest BCUT2D eigenvalue weighted by atomic mass is 16.6. The Bertz CT molecular complexity index is 792. The summed E-state index contributed by atoms with van der Waals surface area (Å²) in [6.07, 6.45) is 0. The average Bonchev–Trinajstić information content (AvgIpc) is 2.52. The van der Waals surface area contributed by atoms with Crippen LogP contribution in [0.15, 0.2) is 42.5 Å². The van der Waals surface area contributed by atoms with E-state index in [0.717, 1.165) is 18.2 Å². The number of nitro groups is 2. The summed E-state index contributed by atoms with van der Waals surface area (Å²) < 4.78 is 0. The number of phenols is 1. The van der Waals surface area contributed by atoms with Crippen LogP contribution < -0.4 is 10.9 Å². The first kappa shape index (κ1) is 15.7. The number of anilines is 1. The number of nitrogens with zero attached hydrogens (tertiary/aromatic N) is 2. The summed E-state index contributed by atoms with van der Waals surface area (Å²) in [4.78, 5) is 31.9. The third kappa shape index (κ3) is 3.50. The van der Waals surface area contributed by atoms with Crippen molar-refractivity contribution in [3.8, 4) is 5.75 Å². The number of para-hydroxylation sites is 1. The van der Waals surface area contributed by atoms with Crippen LogP contribution in [0, 0.1) is 20.2 Å². The van der Waals surface area contributed by atoms with Gasteiger partial charge in [0.05, 0.1) is 21.5 Å². The molecule has 0 fully saturated rings. The first-order valence-corrected chi connectivity index (χ1v) is 6.17. The molecule has 0 unspecified atom stereocenters. The SMILES string of the molecule is O=C(NNc1ccc([N+](=O)[O-])cc1[N+](=O)[O-])c1ccccc1O. The van der Waals surface area contributed by atoms with Gasteiger partial charge in [0.1, 0.15) is 11.4 Å². The molecule has 0 aliphatic rings. The fraction of sp³-hybridized carbons (Fsp3) is 0. The quantitative estimate of drug-likeness (QED) is 0.563. The minimum atomic E-state index is -0.818. The van der Waals surface area contributed by atoms with Gasteiger partial charge in [-0.2, -0.15) is 0 Å². The van der Waals surface area contributed by atoms with E-state index in [4.69, 9.17) is 0 Å². The maximum Gasteiger partial charge on any atom is 0.300 e. The van der Waals surface area contributed by atoms with E-state index in [1.165, 1.54) is 24.3 Å². The van der Waals surface area contributed by atoms with Gasteiger partial charge in [-0.15, -0.1) is 0 Å². The Labute approximate surface area is 128 Å². The van der Waals surface area contributed by atoms with E-state index >= 15 is 0 Å². The molecule has 0 aromatic heterocycles. The molecule has 0 radical (unpaired) electrons. The number of amides is 1. The Balaban J connectivity index is 2.20. The standard InChI is InChI=1S/C13H10N4O6/c18-12-4-2-1-3-9(12)13(19)15-14-10-6-5-8(16(20)21)7-11(10)17(22)23/h1-7,14,18H,(H,15,19). The van der Waals surface area contributed by atoms with Crippen molar-refractivity contribution in [2.24, 2.45) is 0 Å². The van der Waals surface area contributed by atoms with Crippen molar-refractivity contribution in [1.82, 2.24) is 5.43 Å². The molecule has 2 aromatic rings. The predicted molar refractivity (Wildman–Crippen MR) is 78.9 cm³/mol. The number of hydrogen-bond donors (Lipinski definition) is 3. The van der Waals surface area contributed by atoms with Gasteiger partial charge in [-0.05, 0) is 18.2 Å². The van der Waals surface area contributed by atoms with Crippen LogP contribution in [0.1, 0.15) is 10.4 Å². The Morgan fingerprint density at radius 2 is 1.74 bits per heavy atom. The van der Waals surface area contributed by atoms with Crippen LogP contribution in [0.2, 0.25) is 0 Å². The molecule has 118 valence electrons. The van der Waals surface area contributed by atoms with E-state index in [-0.39, 0.29) is 17.0 Å². The number of phenolic OH excluding ortho intramolecular Hbond substituents is 1. The van der Waals surface area contributed by atoms with Crippen LogP contribution >= 0.6 is 0 Å². The molecule has 0 spiro atoms. The maximum absolute atomic E-state index is 11.9. The number of non-ortho nitro benzene ring substituents is 1. The molecule has 0 bridgehead atoms. The van der Waals surface area contributed by atoms with Crippen molar-refractivity contribution in [3.63, 3.8) is 0 Å². The number of hydrazine groups is 1. The third-order valence-corrected chi connectivity index (χ3v) is 2.85. The number of hydrogen-bond acceptors (Lipinski definition) is 7. The van der Waals surface area contributed by atoms with E-state index < -0.39 is 27.1 Å². The molecule has 0 saturated heterocycles. The Morgan fingerprint density at radius 3 is 2.35 bits per heavy atom. The molecule has 0 heterocycles.